The van der Waals surface area contributed by atoms with Crippen molar-refractivity contribution in [2.75, 3.05) is 5.73 Å². The molecule has 0 amide bonds. The highest BCUT2D eigenvalue weighted by atomic mass is 32.1. The summed E-state index contributed by atoms with van der Waals surface area (Å²) in [4.78, 5) is 14.3. The normalized spacial score (nSPS) is 10.5. The van der Waals surface area contributed by atoms with Crippen molar-refractivity contribution in [3.05, 3.63) is 51.2 Å². The number of anilines is 1. The lowest BCUT2D eigenvalue weighted by Gasteiger charge is -2.04. The van der Waals surface area contributed by atoms with Crippen LogP contribution in [0.15, 0.2) is 30.3 Å². The smallest absolute Gasteiger partial charge is 0.203 e. The number of thiophene rings is 1. The fourth-order valence-electron chi connectivity index (χ4n) is 1.76. The van der Waals surface area contributed by atoms with Crippen LogP contribution in [0, 0.1) is 6.92 Å². The summed E-state index contributed by atoms with van der Waals surface area (Å²) in [5.74, 6) is 0.0900. The van der Waals surface area contributed by atoms with E-state index in [1.807, 2.05) is 25.1 Å². The average Bonchev–Trinajstić information content (AvgIpc) is 2.76. The van der Waals surface area contributed by atoms with Gasteiger partial charge in [-0.15, -0.1) is 11.3 Å². The van der Waals surface area contributed by atoms with Crippen LogP contribution in [-0.2, 0) is 6.42 Å². The Morgan fingerprint density at radius 3 is 2.65 bits per heavy atom. The minimum atomic E-state index is 0.0900. The summed E-state index contributed by atoms with van der Waals surface area (Å²) in [5, 5.41) is 0. The van der Waals surface area contributed by atoms with Crippen LogP contribution in [-0.4, -0.2) is 5.78 Å². The highest BCUT2D eigenvalue weighted by Crippen LogP contribution is 2.22. The molecule has 0 bridgehead atoms. The van der Waals surface area contributed by atoms with Crippen molar-refractivity contribution in [2.24, 2.45) is 0 Å². The third-order valence-electron chi connectivity index (χ3n) is 2.73. The van der Waals surface area contributed by atoms with E-state index in [-0.39, 0.29) is 5.78 Å². The standard InChI is InChI=1S/C14H15NOS/c1-3-11-5-7-13(17-11)14(16)12-6-4-10(15)8-9(12)2/h4-8H,3,15H2,1-2H3. The molecule has 0 saturated heterocycles. The van der Waals surface area contributed by atoms with Gasteiger partial charge in [-0.1, -0.05) is 6.92 Å². The first-order valence-corrected chi connectivity index (χ1v) is 6.43. The molecule has 0 aliphatic heterocycles. The largest absolute Gasteiger partial charge is 0.399 e. The van der Waals surface area contributed by atoms with Gasteiger partial charge in [0.2, 0.25) is 5.78 Å². The second kappa shape index (κ2) is 4.72. The summed E-state index contributed by atoms with van der Waals surface area (Å²) < 4.78 is 0. The van der Waals surface area contributed by atoms with Gasteiger partial charge in [-0.3, -0.25) is 4.79 Å². The van der Waals surface area contributed by atoms with Crippen molar-refractivity contribution >= 4 is 22.8 Å². The molecule has 17 heavy (non-hydrogen) atoms. The molecule has 0 fully saturated rings. The van der Waals surface area contributed by atoms with Crippen LogP contribution >= 0.6 is 11.3 Å². The van der Waals surface area contributed by atoms with E-state index in [1.54, 1.807) is 23.5 Å². The molecule has 0 unspecified atom stereocenters. The molecule has 0 saturated carbocycles. The third kappa shape index (κ3) is 2.39. The van der Waals surface area contributed by atoms with Crippen LogP contribution in [0.25, 0.3) is 0 Å². The van der Waals surface area contributed by atoms with E-state index >= 15 is 0 Å². The number of carbonyl (C=O) groups is 1. The topological polar surface area (TPSA) is 43.1 Å². The maximum atomic E-state index is 12.3. The molecule has 2 N–H and O–H groups in total. The number of nitrogen functional groups attached to an aromatic ring is 1. The van der Waals surface area contributed by atoms with Gasteiger partial charge in [-0.2, -0.15) is 0 Å². The lowest BCUT2D eigenvalue weighted by molar-refractivity contribution is 0.104. The van der Waals surface area contributed by atoms with E-state index in [9.17, 15) is 4.79 Å². The Labute approximate surface area is 105 Å². The molecular weight excluding hydrogens is 230 g/mol. The fourth-order valence-corrected chi connectivity index (χ4v) is 2.67. The van der Waals surface area contributed by atoms with Crippen LogP contribution < -0.4 is 5.73 Å². The zero-order valence-electron chi connectivity index (χ0n) is 9.99. The number of hydrogen-bond donors (Lipinski definition) is 1. The number of benzene rings is 1. The molecule has 1 aromatic carbocycles. The van der Waals surface area contributed by atoms with E-state index in [4.69, 9.17) is 5.73 Å². The summed E-state index contributed by atoms with van der Waals surface area (Å²) in [6.07, 6.45) is 0.971. The zero-order chi connectivity index (χ0) is 12.4. The Bertz CT molecular complexity index is 557. The van der Waals surface area contributed by atoms with Crippen LogP contribution in [0.4, 0.5) is 5.69 Å². The van der Waals surface area contributed by atoms with E-state index in [0.29, 0.717) is 5.69 Å². The highest BCUT2D eigenvalue weighted by molar-refractivity contribution is 7.14. The molecule has 0 aliphatic rings. The van der Waals surface area contributed by atoms with Gasteiger partial charge in [-0.05, 0) is 49.2 Å². The molecule has 2 rings (SSSR count). The molecule has 0 spiro atoms. The van der Waals surface area contributed by atoms with Crippen LogP contribution in [0.2, 0.25) is 0 Å². The first-order chi connectivity index (χ1) is 8.11. The van der Waals surface area contributed by atoms with Gasteiger partial charge < -0.3 is 5.73 Å². The molecule has 3 heteroatoms. The van der Waals surface area contributed by atoms with Crippen molar-refractivity contribution in [1.82, 2.24) is 0 Å². The molecule has 1 heterocycles. The van der Waals surface area contributed by atoms with Gasteiger partial charge >= 0.3 is 0 Å². The van der Waals surface area contributed by atoms with Crippen LogP contribution in [0.5, 0.6) is 0 Å². The van der Waals surface area contributed by atoms with Gasteiger partial charge in [0.1, 0.15) is 0 Å². The molecule has 0 atom stereocenters. The van der Waals surface area contributed by atoms with Crippen LogP contribution in [0.1, 0.15) is 32.6 Å². The number of nitrogens with two attached hydrogens (primary N) is 1. The molecule has 88 valence electrons. The Morgan fingerprint density at radius 2 is 2.06 bits per heavy atom. The van der Waals surface area contributed by atoms with Crippen molar-refractivity contribution in [3.63, 3.8) is 0 Å². The summed E-state index contributed by atoms with van der Waals surface area (Å²) in [5.41, 5.74) is 8.05. The van der Waals surface area contributed by atoms with Gasteiger partial charge in [0, 0.05) is 16.1 Å². The second-order valence-corrected chi connectivity index (χ2v) is 5.19. The van der Waals surface area contributed by atoms with Crippen molar-refractivity contribution in [3.8, 4) is 0 Å². The lowest BCUT2D eigenvalue weighted by Crippen LogP contribution is -2.02. The molecule has 0 aliphatic carbocycles. The van der Waals surface area contributed by atoms with Crippen molar-refractivity contribution < 1.29 is 4.79 Å². The maximum Gasteiger partial charge on any atom is 0.203 e. The summed E-state index contributed by atoms with van der Waals surface area (Å²) in [7, 11) is 0. The Hall–Kier alpha value is -1.61. The molecule has 2 aromatic rings. The summed E-state index contributed by atoms with van der Waals surface area (Å²) in [6.45, 7) is 4.01. The van der Waals surface area contributed by atoms with E-state index < -0.39 is 0 Å². The SMILES string of the molecule is CCc1ccc(C(=O)c2ccc(N)cc2C)s1. The first-order valence-electron chi connectivity index (χ1n) is 5.61. The predicted octanol–water partition coefficient (Wildman–Crippen LogP) is 3.43. The Morgan fingerprint density at radius 1 is 1.29 bits per heavy atom. The predicted molar refractivity (Wildman–Crippen MR) is 72.7 cm³/mol. The fraction of sp³-hybridized carbons (Fsp3) is 0.214. The quantitative estimate of drug-likeness (QED) is 0.665. The zero-order valence-corrected chi connectivity index (χ0v) is 10.8. The molecule has 0 radical (unpaired) electrons. The first kappa shape index (κ1) is 11.9. The molecule has 1 aromatic heterocycles. The third-order valence-corrected chi connectivity index (χ3v) is 3.96. The summed E-state index contributed by atoms with van der Waals surface area (Å²) >= 11 is 1.57. The molecular formula is C14H15NOS. The summed E-state index contributed by atoms with van der Waals surface area (Å²) in [6, 6.07) is 9.33. The second-order valence-electron chi connectivity index (χ2n) is 4.02. The number of carbonyl (C=O) groups excluding carboxylic acids is 1. The van der Waals surface area contributed by atoms with E-state index in [2.05, 4.69) is 6.92 Å². The number of hydrogen-bond acceptors (Lipinski definition) is 3. The number of ketones is 1. The maximum absolute atomic E-state index is 12.3. The minimum Gasteiger partial charge on any atom is -0.399 e. The Kier molecular flexibility index (Phi) is 3.29. The number of rotatable bonds is 3. The van der Waals surface area contributed by atoms with Gasteiger partial charge in [0.25, 0.3) is 0 Å². The Balaban J connectivity index is 2.36. The van der Waals surface area contributed by atoms with Gasteiger partial charge in [-0.25, -0.2) is 0 Å². The van der Waals surface area contributed by atoms with Gasteiger partial charge in [0.05, 0.1) is 4.88 Å². The van der Waals surface area contributed by atoms with Crippen molar-refractivity contribution in [1.29, 1.82) is 0 Å². The molecule has 2 nitrogen and oxygen atoms in total. The van der Waals surface area contributed by atoms with E-state index in [0.717, 1.165) is 22.4 Å². The average molecular weight is 245 g/mol. The van der Waals surface area contributed by atoms with E-state index in [1.165, 1.54) is 4.88 Å². The van der Waals surface area contributed by atoms with Crippen molar-refractivity contribution in [2.45, 2.75) is 20.3 Å². The monoisotopic (exact) mass is 245 g/mol. The van der Waals surface area contributed by atoms with Crippen LogP contribution in [0.3, 0.4) is 0 Å². The number of aryl methyl sites for hydroxylation is 2. The minimum absolute atomic E-state index is 0.0900. The highest BCUT2D eigenvalue weighted by Gasteiger charge is 2.13. The lowest BCUT2D eigenvalue weighted by atomic mass is 10.0. The van der Waals surface area contributed by atoms with Gasteiger partial charge in [0.15, 0.2) is 0 Å².